The molecule has 0 radical (unpaired) electrons. The average Bonchev–Trinajstić information content (AvgIpc) is 2.77. The van der Waals surface area contributed by atoms with Crippen molar-refractivity contribution in [3.8, 4) is 11.8 Å². The molecule has 2 aromatic rings. The number of esters is 1. The molecule has 2 rings (SSSR count). The van der Waals surface area contributed by atoms with Crippen LogP contribution < -0.4 is 15.4 Å². The van der Waals surface area contributed by atoms with Crippen LogP contribution in [0.4, 0.5) is 5.69 Å². The van der Waals surface area contributed by atoms with Gasteiger partial charge in [-0.1, -0.05) is 37.6 Å². The monoisotopic (exact) mass is 407 g/mol. The van der Waals surface area contributed by atoms with E-state index in [1.54, 1.807) is 31.4 Å². The maximum absolute atomic E-state index is 12.5. The fourth-order valence-corrected chi connectivity index (χ4v) is 2.55. The first kappa shape index (κ1) is 22.5. The number of para-hydroxylation sites is 1. The Morgan fingerprint density at radius 2 is 1.97 bits per heavy atom. The van der Waals surface area contributed by atoms with Crippen LogP contribution in [0.3, 0.4) is 0 Å². The lowest BCUT2D eigenvalue weighted by Crippen LogP contribution is -2.19. The van der Waals surface area contributed by atoms with E-state index in [0.29, 0.717) is 13.2 Å². The van der Waals surface area contributed by atoms with Gasteiger partial charge in [0, 0.05) is 12.7 Å². The van der Waals surface area contributed by atoms with Crippen molar-refractivity contribution < 1.29 is 19.1 Å². The molecule has 0 aliphatic carbocycles. The summed E-state index contributed by atoms with van der Waals surface area (Å²) < 4.78 is 10.4. The SMILES string of the molecule is CCCCOC(=O)c1ccccc1NC(=O)/C(C#N)=C\NCc1cccc(OC)c1. The molecule has 0 saturated heterocycles. The van der Waals surface area contributed by atoms with Crippen LogP contribution in [-0.4, -0.2) is 25.6 Å². The topological polar surface area (TPSA) is 100 Å². The van der Waals surface area contributed by atoms with Crippen LogP contribution in [0.1, 0.15) is 35.7 Å². The minimum Gasteiger partial charge on any atom is -0.497 e. The maximum Gasteiger partial charge on any atom is 0.340 e. The van der Waals surface area contributed by atoms with E-state index in [1.807, 2.05) is 37.3 Å². The number of hydrogen-bond donors (Lipinski definition) is 2. The van der Waals surface area contributed by atoms with E-state index in [9.17, 15) is 14.9 Å². The number of hydrogen-bond acceptors (Lipinski definition) is 6. The van der Waals surface area contributed by atoms with E-state index in [4.69, 9.17) is 9.47 Å². The van der Waals surface area contributed by atoms with Gasteiger partial charge in [-0.3, -0.25) is 4.79 Å². The molecule has 0 saturated carbocycles. The van der Waals surface area contributed by atoms with Crippen molar-refractivity contribution in [1.29, 1.82) is 5.26 Å². The van der Waals surface area contributed by atoms with Crippen molar-refractivity contribution in [2.24, 2.45) is 0 Å². The number of nitrogens with zero attached hydrogens (tertiary/aromatic N) is 1. The molecule has 0 aliphatic rings. The van der Waals surface area contributed by atoms with Crippen LogP contribution >= 0.6 is 0 Å². The molecule has 7 heteroatoms. The molecule has 0 spiro atoms. The first-order valence-electron chi connectivity index (χ1n) is 9.63. The van der Waals surface area contributed by atoms with E-state index in [1.165, 1.54) is 6.20 Å². The van der Waals surface area contributed by atoms with Gasteiger partial charge in [0.05, 0.1) is 25.0 Å². The van der Waals surface area contributed by atoms with Gasteiger partial charge in [-0.15, -0.1) is 0 Å². The first-order valence-corrected chi connectivity index (χ1v) is 9.63. The zero-order chi connectivity index (χ0) is 21.8. The number of nitrogens with one attached hydrogen (secondary N) is 2. The molecule has 0 aromatic heterocycles. The highest BCUT2D eigenvalue weighted by atomic mass is 16.5. The molecule has 30 heavy (non-hydrogen) atoms. The Bertz CT molecular complexity index is 947. The summed E-state index contributed by atoms with van der Waals surface area (Å²) in [6.45, 7) is 2.73. The zero-order valence-corrected chi connectivity index (χ0v) is 17.1. The second-order valence-corrected chi connectivity index (χ2v) is 6.39. The minimum absolute atomic E-state index is 0.118. The molecule has 0 bridgehead atoms. The predicted octanol–water partition coefficient (Wildman–Crippen LogP) is 3.79. The Morgan fingerprint density at radius 1 is 1.17 bits per heavy atom. The summed E-state index contributed by atoms with van der Waals surface area (Å²) in [4.78, 5) is 24.8. The van der Waals surface area contributed by atoms with Gasteiger partial charge in [-0.25, -0.2) is 4.79 Å². The third kappa shape index (κ3) is 6.67. The van der Waals surface area contributed by atoms with Gasteiger partial charge in [0.2, 0.25) is 0 Å². The average molecular weight is 407 g/mol. The minimum atomic E-state index is -0.621. The summed E-state index contributed by atoms with van der Waals surface area (Å²) in [5.41, 5.74) is 1.34. The fraction of sp³-hybridized carbons (Fsp3) is 0.261. The van der Waals surface area contributed by atoms with E-state index in [2.05, 4.69) is 10.6 Å². The quantitative estimate of drug-likeness (QED) is 0.269. The number of anilines is 1. The van der Waals surface area contributed by atoms with Gasteiger partial charge in [0.25, 0.3) is 5.91 Å². The Hall–Kier alpha value is -3.79. The Morgan fingerprint density at radius 3 is 2.70 bits per heavy atom. The summed E-state index contributed by atoms with van der Waals surface area (Å²) >= 11 is 0. The van der Waals surface area contributed by atoms with Crippen molar-refractivity contribution in [3.05, 3.63) is 71.4 Å². The second-order valence-electron chi connectivity index (χ2n) is 6.39. The van der Waals surface area contributed by atoms with Gasteiger partial charge in [0.1, 0.15) is 17.4 Å². The van der Waals surface area contributed by atoms with Crippen LogP contribution in [-0.2, 0) is 16.1 Å². The van der Waals surface area contributed by atoms with Crippen LogP contribution in [0.25, 0.3) is 0 Å². The number of unbranched alkanes of at least 4 members (excludes halogenated alkanes) is 1. The summed E-state index contributed by atoms with van der Waals surface area (Å²) in [5.74, 6) is -0.415. The van der Waals surface area contributed by atoms with Crippen LogP contribution in [0.2, 0.25) is 0 Å². The molecular formula is C23H25N3O4. The summed E-state index contributed by atoms with van der Waals surface area (Å²) in [6.07, 6.45) is 3.02. The second kappa shape index (κ2) is 11.9. The highest BCUT2D eigenvalue weighted by molar-refractivity contribution is 6.09. The van der Waals surface area contributed by atoms with E-state index < -0.39 is 11.9 Å². The normalized spacial score (nSPS) is 10.6. The van der Waals surface area contributed by atoms with Crippen LogP contribution in [0.15, 0.2) is 60.3 Å². The van der Waals surface area contributed by atoms with Crippen molar-refractivity contribution >= 4 is 17.6 Å². The summed E-state index contributed by atoms with van der Waals surface area (Å²) in [6, 6.07) is 15.8. The van der Waals surface area contributed by atoms with Crippen molar-refractivity contribution in [2.45, 2.75) is 26.3 Å². The highest BCUT2D eigenvalue weighted by Crippen LogP contribution is 2.17. The molecule has 0 unspecified atom stereocenters. The van der Waals surface area contributed by atoms with Gasteiger partial charge in [0.15, 0.2) is 0 Å². The van der Waals surface area contributed by atoms with Gasteiger partial charge < -0.3 is 20.1 Å². The molecule has 7 nitrogen and oxygen atoms in total. The molecule has 0 heterocycles. The van der Waals surface area contributed by atoms with E-state index in [0.717, 1.165) is 24.2 Å². The van der Waals surface area contributed by atoms with E-state index in [-0.39, 0.29) is 16.8 Å². The summed E-state index contributed by atoms with van der Waals surface area (Å²) in [5, 5.41) is 14.9. The number of benzene rings is 2. The number of rotatable bonds is 10. The van der Waals surface area contributed by atoms with Gasteiger partial charge in [-0.2, -0.15) is 5.26 Å². The molecule has 2 N–H and O–H groups in total. The van der Waals surface area contributed by atoms with Crippen LogP contribution in [0.5, 0.6) is 5.75 Å². The lowest BCUT2D eigenvalue weighted by molar-refractivity contribution is -0.112. The Labute approximate surface area is 176 Å². The number of methoxy groups -OCH3 is 1. The third-order valence-electron chi connectivity index (χ3n) is 4.18. The number of nitriles is 1. The fourth-order valence-electron chi connectivity index (χ4n) is 2.55. The smallest absolute Gasteiger partial charge is 0.340 e. The third-order valence-corrected chi connectivity index (χ3v) is 4.18. The van der Waals surface area contributed by atoms with Gasteiger partial charge in [-0.05, 0) is 36.2 Å². The molecule has 156 valence electrons. The van der Waals surface area contributed by atoms with Crippen molar-refractivity contribution in [1.82, 2.24) is 5.32 Å². The Balaban J connectivity index is 2.03. The molecule has 1 amide bonds. The summed E-state index contributed by atoms with van der Waals surface area (Å²) in [7, 11) is 1.59. The molecule has 0 fully saturated rings. The maximum atomic E-state index is 12.5. The zero-order valence-electron chi connectivity index (χ0n) is 17.1. The van der Waals surface area contributed by atoms with Gasteiger partial charge >= 0.3 is 5.97 Å². The first-order chi connectivity index (χ1) is 14.6. The van der Waals surface area contributed by atoms with Crippen molar-refractivity contribution in [2.75, 3.05) is 19.0 Å². The Kier molecular flexibility index (Phi) is 8.94. The number of amides is 1. The number of ether oxygens (including phenoxy) is 2. The predicted molar refractivity (Wildman–Crippen MR) is 114 cm³/mol. The number of carbonyl (C=O) groups is 2. The number of carbonyl (C=O) groups excluding carboxylic acids is 2. The molecule has 2 aromatic carbocycles. The highest BCUT2D eigenvalue weighted by Gasteiger charge is 2.16. The largest absolute Gasteiger partial charge is 0.497 e. The lowest BCUT2D eigenvalue weighted by atomic mass is 10.1. The molecule has 0 aliphatic heterocycles. The molecule has 0 atom stereocenters. The lowest BCUT2D eigenvalue weighted by Gasteiger charge is -2.11. The standard InChI is InChI=1S/C23H25N3O4/c1-3-4-12-30-23(28)20-10-5-6-11-21(20)26-22(27)18(14-24)16-25-15-17-8-7-9-19(13-17)29-2/h5-11,13,16,25H,3-4,12,15H2,1-2H3,(H,26,27)/b18-16-. The molecular weight excluding hydrogens is 382 g/mol. The van der Waals surface area contributed by atoms with Crippen LogP contribution in [0, 0.1) is 11.3 Å². The van der Waals surface area contributed by atoms with Crippen molar-refractivity contribution in [3.63, 3.8) is 0 Å². The van der Waals surface area contributed by atoms with E-state index >= 15 is 0 Å².